The fourth-order valence-corrected chi connectivity index (χ4v) is 6.47. The molecule has 8 nitrogen and oxygen atoms in total. The number of anilines is 2. The van der Waals surface area contributed by atoms with E-state index < -0.39 is 0 Å². The number of aromatic nitrogens is 1. The van der Waals surface area contributed by atoms with Crippen LogP contribution >= 0.6 is 12.2 Å². The molecule has 36 heavy (non-hydrogen) atoms. The van der Waals surface area contributed by atoms with Crippen molar-refractivity contribution >= 4 is 28.8 Å². The van der Waals surface area contributed by atoms with Gasteiger partial charge in [0, 0.05) is 30.6 Å². The Morgan fingerprint density at radius 3 is 2.61 bits per heavy atom. The zero-order valence-corrected chi connectivity index (χ0v) is 22.3. The molecule has 3 heterocycles. The molecule has 3 aliphatic rings. The van der Waals surface area contributed by atoms with Crippen LogP contribution in [0.2, 0.25) is 0 Å². The van der Waals surface area contributed by atoms with Crippen molar-refractivity contribution in [3.63, 3.8) is 0 Å². The Hall–Kier alpha value is -2.62. The van der Waals surface area contributed by atoms with E-state index in [1.54, 1.807) is 14.2 Å². The van der Waals surface area contributed by atoms with Crippen LogP contribution in [0.15, 0.2) is 36.5 Å². The molecule has 0 spiro atoms. The van der Waals surface area contributed by atoms with E-state index in [4.69, 9.17) is 26.4 Å². The number of nitrogens with zero attached hydrogens (tertiary/aromatic N) is 3. The van der Waals surface area contributed by atoms with Gasteiger partial charge >= 0.3 is 0 Å². The molecular formula is C27H37N5O3S. The van der Waals surface area contributed by atoms with Gasteiger partial charge in [-0.25, -0.2) is 4.98 Å². The van der Waals surface area contributed by atoms with Crippen LogP contribution < -0.4 is 25.0 Å². The lowest BCUT2D eigenvalue weighted by Gasteiger charge is -2.45. The van der Waals surface area contributed by atoms with Crippen molar-refractivity contribution in [2.45, 2.75) is 43.2 Å². The lowest BCUT2D eigenvalue weighted by Crippen LogP contribution is -2.52. The lowest BCUT2D eigenvalue weighted by molar-refractivity contribution is 0.122. The number of likely N-dealkylation sites (N-methyl/N-ethyl adjacent to an activating group) is 1. The Bertz CT molecular complexity index is 1060. The van der Waals surface area contributed by atoms with Crippen LogP contribution in [-0.4, -0.2) is 81.2 Å². The smallest absolute Gasteiger partial charge is 0.171 e. The number of pyridine rings is 1. The number of morpholine rings is 1. The number of hydrogen-bond donors (Lipinski definition) is 2. The number of methoxy groups -OCH3 is 2. The molecule has 1 aliphatic carbocycles. The third-order valence-corrected chi connectivity index (χ3v) is 8.38. The van der Waals surface area contributed by atoms with Gasteiger partial charge in [0.05, 0.1) is 39.3 Å². The Morgan fingerprint density at radius 1 is 1.08 bits per heavy atom. The maximum atomic E-state index is 5.68. The standard InChI is InChI=1S/C27H37N5O3S/c1-31-11-10-27(19-4-6-22(33-2)23(16-19)34-3)9-8-20(17-24(27)31)29-26(36)30-21-5-7-25(28-18-21)32-12-14-35-15-13-32/h4-7,16,18,20,24H,8-15,17H2,1-3H3,(H2,29,30,36)/t20-,24+,27-/m0/s1. The summed E-state index contributed by atoms with van der Waals surface area (Å²) in [4.78, 5) is 9.37. The van der Waals surface area contributed by atoms with Gasteiger partial charge in [-0.2, -0.15) is 0 Å². The number of likely N-dealkylation sites (tertiary alicyclic amines) is 1. The van der Waals surface area contributed by atoms with Gasteiger partial charge in [0.15, 0.2) is 16.6 Å². The van der Waals surface area contributed by atoms with Gasteiger partial charge in [0.2, 0.25) is 0 Å². The highest BCUT2D eigenvalue weighted by molar-refractivity contribution is 7.80. The Balaban J connectivity index is 1.22. The molecule has 3 atom stereocenters. The van der Waals surface area contributed by atoms with Crippen molar-refractivity contribution in [3.8, 4) is 11.5 Å². The van der Waals surface area contributed by atoms with Crippen LogP contribution in [0.4, 0.5) is 11.5 Å². The minimum absolute atomic E-state index is 0.126. The zero-order chi connectivity index (χ0) is 25.1. The van der Waals surface area contributed by atoms with Crippen LogP contribution in [-0.2, 0) is 10.2 Å². The molecule has 5 rings (SSSR count). The highest BCUT2D eigenvalue weighted by atomic mass is 32.1. The summed E-state index contributed by atoms with van der Waals surface area (Å²) < 4.78 is 16.5. The van der Waals surface area contributed by atoms with Crippen LogP contribution in [0.25, 0.3) is 0 Å². The van der Waals surface area contributed by atoms with E-state index in [0.717, 1.165) is 81.5 Å². The number of rotatable bonds is 6. The molecule has 9 heteroatoms. The summed E-state index contributed by atoms with van der Waals surface area (Å²) in [6.07, 6.45) is 6.22. The van der Waals surface area contributed by atoms with E-state index in [1.165, 1.54) is 5.56 Å². The zero-order valence-electron chi connectivity index (χ0n) is 21.5. The average Bonchev–Trinajstić information content (AvgIpc) is 3.26. The van der Waals surface area contributed by atoms with Crippen molar-refractivity contribution in [3.05, 3.63) is 42.1 Å². The molecule has 0 radical (unpaired) electrons. The molecule has 0 unspecified atom stereocenters. The quantitative estimate of drug-likeness (QED) is 0.568. The topological polar surface area (TPSA) is 71.1 Å². The minimum Gasteiger partial charge on any atom is -0.493 e. The number of benzene rings is 1. The second kappa shape index (κ2) is 10.8. The summed E-state index contributed by atoms with van der Waals surface area (Å²) in [5.41, 5.74) is 2.37. The molecule has 2 N–H and O–H groups in total. The Kier molecular flexibility index (Phi) is 7.50. The van der Waals surface area contributed by atoms with E-state index in [1.807, 2.05) is 24.4 Å². The largest absolute Gasteiger partial charge is 0.493 e. The summed E-state index contributed by atoms with van der Waals surface area (Å²) in [5, 5.41) is 7.56. The molecule has 1 aromatic heterocycles. The van der Waals surface area contributed by atoms with Crippen LogP contribution in [0, 0.1) is 0 Å². The fourth-order valence-electron chi connectivity index (χ4n) is 6.19. The van der Waals surface area contributed by atoms with E-state index in [2.05, 4.69) is 44.6 Å². The van der Waals surface area contributed by atoms with Crippen LogP contribution in [0.1, 0.15) is 31.2 Å². The number of fused-ring (bicyclic) bond motifs is 1. The van der Waals surface area contributed by atoms with E-state index in [-0.39, 0.29) is 5.41 Å². The summed E-state index contributed by atoms with van der Waals surface area (Å²) in [6, 6.07) is 11.3. The highest BCUT2D eigenvalue weighted by Gasteiger charge is 2.50. The predicted molar refractivity (Wildman–Crippen MR) is 147 cm³/mol. The van der Waals surface area contributed by atoms with Gasteiger partial charge in [-0.15, -0.1) is 0 Å². The van der Waals surface area contributed by atoms with E-state index in [0.29, 0.717) is 17.2 Å². The van der Waals surface area contributed by atoms with Crippen molar-refractivity contribution in [2.75, 3.05) is 64.3 Å². The SMILES string of the molecule is COc1ccc([C@@]23CC[C@H](NC(=S)Nc4ccc(N5CCOCC5)nc4)C[C@H]2N(C)CC3)cc1OC. The maximum absolute atomic E-state index is 5.68. The first-order chi connectivity index (χ1) is 17.5. The average molecular weight is 512 g/mol. The number of hydrogen-bond acceptors (Lipinski definition) is 7. The summed E-state index contributed by atoms with van der Waals surface area (Å²) in [5.74, 6) is 2.56. The first-order valence-electron chi connectivity index (χ1n) is 12.8. The van der Waals surface area contributed by atoms with Gasteiger partial charge in [-0.3, -0.25) is 0 Å². The fraction of sp³-hybridized carbons (Fsp3) is 0.556. The molecule has 2 aliphatic heterocycles. The molecular weight excluding hydrogens is 474 g/mol. The third kappa shape index (κ3) is 4.96. The Labute approximate surface area is 219 Å². The van der Waals surface area contributed by atoms with Crippen molar-refractivity contribution < 1.29 is 14.2 Å². The lowest BCUT2D eigenvalue weighted by atomic mass is 9.65. The van der Waals surface area contributed by atoms with Crippen molar-refractivity contribution in [1.29, 1.82) is 0 Å². The predicted octanol–water partition coefficient (Wildman–Crippen LogP) is 3.42. The first-order valence-corrected chi connectivity index (χ1v) is 13.2. The summed E-state index contributed by atoms with van der Waals surface area (Å²) in [7, 11) is 5.64. The first kappa shape index (κ1) is 25.0. The molecule has 3 fully saturated rings. The van der Waals surface area contributed by atoms with E-state index in [9.17, 15) is 0 Å². The molecule has 2 aromatic rings. The second-order valence-electron chi connectivity index (χ2n) is 10.0. The van der Waals surface area contributed by atoms with Gasteiger partial charge in [0.1, 0.15) is 5.82 Å². The maximum Gasteiger partial charge on any atom is 0.171 e. The molecule has 0 amide bonds. The third-order valence-electron chi connectivity index (χ3n) is 8.16. The number of ether oxygens (including phenoxy) is 3. The van der Waals surface area contributed by atoms with E-state index >= 15 is 0 Å². The van der Waals surface area contributed by atoms with Gasteiger partial charge in [-0.05, 0) is 81.3 Å². The summed E-state index contributed by atoms with van der Waals surface area (Å²) >= 11 is 5.68. The van der Waals surface area contributed by atoms with Gasteiger partial charge in [-0.1, -0.05) is 6.07 Å². The highest BCUT2D eigenvalue weighted by Crippen LogP contribution is 2.49. The normalized spacial score (nSPS) is 26.2. The molecule has 1 aromatic carbocycles. The number of nitrogens with one attached hydrogen (secondary N) is 2. The summed E-state index contributed by atoms with van der Waals surface area (Å²) in [6.45, 7) is 4.35. The van der Waals surface area contributed by atoms with Crippen LogP contribution in [0.3, 0.4) is 0 Å². The Morgan fingerprint density at radius 2 is 1.89 bits per heavy atom. The van der Waals surface area contributed by atoms with Gasteiger partial charge < -0.3 is 34.6 Å². The molecule has 1 saturated carbocycles. The van der Waals surface area contributed by atoms with Crippen molar-refractivity contribution in [1.82, 2.24) is 15.2 Å². The molecule has 194 valence electrons. The molecule has 0 bridgehead atoms. The monoisotopic (exact) mass is 511 g/mol. The molecule has 2 saturated heterocycles. The van der Waals surface area contributed by atoms with Crippen molar-refractivity contribution in [2.24, 2.45) is 0 Å². The van der Waals surface area contributed by atoms with Crippen LogP contribution in [0.5, 0.6) is 11.5 Å². The second-order valence-corrected chi connectivity index (χ2v) is 10.5. The number of thiocarbonyl (C=S) groups is 1. The van der Waals surface area contributed by atoms with Gasteiger partial charge in [0.25, 0.3) is 0 Å². The minimum atomic E-state index is 0.126.